The summed E-state index contributed by atoms with van der Waals surface area (Å²) in [5.41, 5.74) is 0.186. The van der Waals surface area contributed by atoms with Crippen molar-refractivity contribution in [2.75, 3.05) is 6.61 Å². The summed E-state index contributed by atoms with van der Waals surface area (Å²) in [7, 11) is -4.35. The largest absolute Gasteiger partial charge is 0.859 e. The van der Waals surface area contributed by atoms with Crippen molar-refractivity contribution in [3.05, 3.63) is 30.1 Å². The zero-order valence-corrected chi connectivity index (χ0v) is 23.3. The second kappa shape index (κ2) is 9.25. The molecule has 1 N–H and O–H groups in total. The topological polar surface area (TPSA) is 78.5 Å². The van der Waals surface area contributed by atoms with Gasteiger partial charge in [-0.1, -0.05) is 41.5 Å². The number of nitrogens with zero attached hydrogens (tertiary/aromatic N) is 1. The summed E-state index contributed by atoms with van der Waals surface area (Å²) in [6, 6.07) is 3.16. The molecule has 0 amide bonds. The van der Waals surface area contributed by atoms with E-state index in [1.807, 2.05) is 0 Å². The first-order chi connectivity index (χ1) is 14.4. The number of alkyl halides is 1. The van der Waals surface area contributed by atoms with E-state index in [1.54, 1.807) is 12.3 Å². The lowest BCUT2D eigenvalue weighted by atomic mass is 10.1. The van der Waals surface area contributed by atoms with Crippen LogP contribution in [0.4, 0.5) is 4.39 Å². The van der Waals surface area contributed by atoms with E-state index in [2.05, 4.69) is 67.7 Å². The average Bonchev–Trinajstić information content (AvgIpc) is 2.94. The third-order valence-corrected chi connectivity index (χ3v) is 16.3. The summed E-state index contributed by atoms with van der Waals surface area (Å²) in [6.07, 6.45) is -0.595. The second-order valence-electron chi connectivity index (χ2n) is 11.8. The summed E-state index contributed by atoms with van der Waals surface area (Å²) >= 11 is 0. The molecule has 1 aromatic rings. The molecule has 9 heteroatoms. The number of ether oxygens (including phenoxy) is 1. The molecule has 0 bridgehead atoms. The first kappa shape index (κ1) is 27.1. The number of nitrogens with one attached hydrogen (secondary N) is 1. The third kappa shape index (κ3) is 5.86. The Labute approximate surface area is 194 Å². The van der Waals surface area contributed by atoms with Crippen molar-refractivity contribution in [1.29, 1.82) is 5.41 Å². The molecule has 4 atom stereocenters. The van der Waals surface area contributed by atoms with E-state index in [0.29, 0.717) is 0 Å². The van der Waals surface area contributed by atoms with Crippen LogP contribution in [0.5, 0.6) is 0 Å². The molecule has 32 heavy (non-hydrogen) atoms. The summed E-state index contributed by atoms with van der Waals surface area (Å²) < 4.78 is 36.5. The van der Waals surface area contributed by atoms with Crippen molar-refractivity contribution < 1.29 is 27.7 Å². The zero-order valence-electron chi connectivity index (χ0n) is 21.3. The molecule has 182 valence electrons. The Morgan fingerprint density at radius 3 is 2.19 bits per heavy atom. The van der Waals surface area contributed by atoms with E-state index in [0.717, 1.165) is 0 Å². The van der Waals surface area contributed by atoms with Crippen molar-refractivity contribution >= 4 is 22.5 Å². The number of rotatable bonds is 7. The number of hydrogen-bond donors (Lipinski definition) is 1. The van der Waals surface area contributed by atoms with Gasteiger partial charge in [0.05, 0.1) is 6.61 Å². The van der Waals surface area contributed by atoms with E-state index in [4.69, 9.17) is 19.0 Å². The number of hydrogen-bond acceptors (Lipinski definition) is 5. The molecule has 6 nitrogen and oxygen atoms in total. The minimum absolute atomic E-state index is 0.0213. The molecule has 0 unspecified atom stereocenters. The molecular formula is C23H41FN2O4Si2. The lowest BCUT2D eigenvalue weighted by molar-refractivity contribution is -0.764. The van der Waals surface area contributed by atoms with E-state index in [1.165, 1.54) is 16.8 Å². The fourth-order valence-corrected chi connectivity index (χ4v) is 5.35. The van der Waals surface area contributed by atoms with Crippen LogP contribution >= 0.6 is 0 Å². The van der Waals surface area contributed by atoms with Crippen molar-refractivity contribution in [2.24, 2.45) is 0 Å². The van der Waals surface area contributed by atoms with Crippen molar-refractivity contribution in [2.45, 2.75) is 102 Å². The molecule has 2 heterocycles. The van der Waals surface area contributed by atoms with E-state index in [-0.39, 0.29) is 22.2 Å². The Morgan fingerprint density at radius 2 is 1.69 bits per heavy atom. The van der Waals surface area contributed by atoms with Gasteiger partial charge >= 0.3 is 0 Å². The highest BCUT2D eigenvalue weighted by Gasteiger charge is 2.55. The summed E-state index contributed by atoms with van der Waals surface area (Å²) in [6.45, 7) is 21.6. The average molecular weight is 485 g/mol. The van der Waals surface area contributed by atoms with E-state index >= 15 is 4.39 Å². The normalized spacial score (nSPS) is 25.2. The highest BCUT2D eigenvalue weighted by molar-refractivity contribution is 6.74. The van der Waals surface area contributed by atoms with Gasteiger partial charge in [-0.05, 0) is 48.2 Å². The van der Waals surface area contributed by atoms with Crippen molar-refractivity contribution in [1.82, 2.24) is 0 Å². The van der Waals surface area contributed by atoms with Crippen molar-refractivity contribution in [3.63, 3.8) is 0 Å². The van der Waals surface area contributed by atoms with E-state index in [9.17, 15) is 5.11 Å². The maximum atomic E-state index is 15.9. The van der Waals surface area contributed by atoms with Gasteiger partial charge in [0.1, 0.15) is 12.2 Å². The number of halogens is 1. The van der Waals surface area contributed by atoms with Crippen LogP contribution in [-0.2, 0) is 13.6 Å². The highest BCUT2D eigenvalue weighted by atomic mass is 28.4. The lowest BCUT2D eigenvalue weighted by Crippen LogP contribution is -2.51. The van der Waals surface area contributed by atoms with Crippen LogP contribution in [0, 0.1) is 5.41 Å². The molecule has 1 aliphatic heterocycles. The Balaban J connectivity index is 2.35. The van der Waals surface area contributed by atoms with Crippen LogP contribution < -0.4 is 9.67 Å². The first-order valence-corrected chi connectivity index (χ1v) is 17.1. The minimum Gasteiger partial charge on any atom is -0.859 e. The maximum Gasteiger partial charge on any atom is 0.297 e. The molecule has 1 fully saturated rings. The Kier molecular flexibility index (Phi) is 7.84. The SMILES string of the molecule is CC(C)(C)[Si](C)(C)OC[C@H]1O[C@@H]([n+]2cccc(C(=N)[O-])c2)[C@@H](F)[C@@H]1O[Si](C)(C)C(C)(C)C. The maximum absolute atomic E-state index is 15.9. The summed E-state index contributed by atoms with van der Waals surface area (Å²) in [4.78, 5) is 0. The molecule has 1 aliphatic rings. The fraction of sp³-hybridized carbons (Fsp3) is 0.739. The van der Waals surface area contributed by atoms with Gasteiger partial charge in [-0.25, -0.2) is 4.39 Å². The van der Waals surface area contributed by atoms with Crippen LogP contribution in [0.3, 0.4) is 0 Å². The quantitative estimate of drug-likeness (QED) is 0.271. The summed E-state index contributed by atoms with van der Waals surface area (Å²) in [5.74, 6) is -0.820. The Hall–Kier alpha value is -1.14. The molecule has 1 saturated heterocycles. The molecule has 2 rings (SSSR count). The van der Waals surface area contributed by atoms with Crippen LogP contribution in [0.15, 0.2) is 24.5 Å². The van der Waals surface area contributed by atoms with Crippen LogP contribution in [-0.4, -0.2) is 47.5 Å². The van der Waals surface area contributed by atoms with Gasteiger partial charge in [0.25, 0.3) is 6.23 Å². The van der Waals surface area contributed by atoms with Gasteiger partial charge in [0.15, 0.2) is 29.0 Å². The molecule has 0 radical (unpaired) electrons. The Morgan fingerprint density at radius 1 is 1.12 bits per heavy atom. The minimum atomic E-state index is -2.28. The molecular weight excluding hydrogens is 443 g/mol. The van der Waals surface area contributed by atoms with Crippen molar-refractivity contribution in [3.8, 4) is 0 Å². The third-order valence-electron chi connectivity index (χ3n) is 7.30. The highest BCUT2D eigenvalue weighted by Crippen LogP contribution is 2.42. The van der Waals surface area contributed by atoms with Gasteiger partial charge in [-0.2, -0.15) is 4.57 Å². The molecule has 1 aromatic heterocycles. The van der Waals surface area contributed by atoms with Gasteiger partial charge in [-0.15, -0.1) is 0 Å². The predicted molar refractivity (Wildman–Crippen MR) is 127 cm³/mol. The molecule has 0 saturated carbocycles. The van der Waals surface area contributed by atoms with Crippen LogP contribution in [0.25, 0.3) is 0 Å². The zero-order chi connectivity index (χ0) is 24.7. The first-order valence-electron chi connectivity index (χ1n) is 11.3. The number of aromatic nitrogens is 1. The molecule has 0 aliphatic carbocycles. The van der Waals surface area contributed by atoms with Gasteiger partial charge in [0, 0.05) is 11.6 Å². The van der Waals surface area contributed by atoms with Gasteiger partial charge in [0.2, 0.25) is 6.17 Å². The lowest BCUT2D eigenvalue weighted by Gasteiger charge is -2.40. The Bertz CT molecular complexity index is 821. The predicted octanol–water partition coefficient (Wildman–Crippen LogP) is 4.31. The smallest absolute Gasteiger partial charge is 0.297 e. The second-order valence-corrected chi connectivity index (χ2v) is 21.4. The van der Waals surface area contributed by atoms with E-state index < -0.39 is 47.1 Å². The fourth-order valence-electron chi connectivity index (χ4n) is 3.02. The van der Waals surface area contributed by atoms with Crippen LogP contribution in [0.1, 0.15) is 53.3 Å². The monoisotopic (exact) mass is 484 g/mol. The standard InChI is InChI=1S/C23H41FN2O4Si2/c1-22(2,3)31(7,8)28-15-17-19(30-32(9,10)23(4,5)6)18(24)21(29-17)26-13-11-12-16(14-26)20(25)27/h11-14,17-19,21H,15H2,1-10H3,(H-,25,27)/t17-,18+,19-,21-/m1/s1. The molecule has 0 spiro atoms. The van der Waals surface area contributed by atoms with Crippen LogP contribution in [0.2, 0.25) is 36.3 Å². The summed E-state index contributed by atoms with van der Waals surface area (Å²) in [5, 5.41) is 18.8. The molecule has 0 aromatic carbocycles. The number of pyridine rings is 1. The van der Waals surface area contributed by atoms with Gasteiger partial charge < -0.3 is 24.1 Å². The van der Waals surface area contributed by atoms with Gasteiger partial charge in [-0.3, -0.25) is 0 Å².